The van der Waals surface area contributed by atoms with Crippen LogP contribution in [0.2, 0.25) is 0 Å². The minimum Gasteiger partial charge on any atom is -0.444 e. The molecule has 1 aliphatic heterocycles. The quantitative estimate of drug-likeness (QED) is 0.906. The molecule has 2 amide bonds. The Morgan fingerprint density at radius 2 is 1.84 bits per heavy atom. The van der Waals surface area contributed by atoms with Gasteiger partial charge in [-0.3, -0.25) is 9.48 Å². The molecule has 1 fully saturated rings. The molecule has 7 heteroatoms. The molecule has 1 aliphatic rings. The highest BCUT2D eigenvalue weighted by atomic mass is 16.6. The normalized spacial score (nSPS) is 16.0. The summed E-state index contributed by atoms with van der Waals surface area (Å²) in [6.45, 7) is 10.7. The summed E-state index contributed by atoms with van der Waals surface area (Å²) >= 11 is 0. The van der Waals surface area contributed by atoms with Gasteiger partial charge in [0.05, 0.1) is 12.1 Å². The van der Waals surface area contributed by atoms with Crippen LogP contribution in [0.5, 0.6) is 0 Å². The Kier molecular flexibility index (Phi) is 5.75. The average Bonchev–Trinajstić information content (AvgIpc) is 2.72. The molecule has 0 radical (unpaired) electrons. The molecule has 7 nitrogen and oxygen atoms in total. The van der Waals surface area contributed by atoms with E-state index in [-0.39, 0.29) is 18.0 Å². The van der Waals surface area contributed by atoms with E-state index in [4.69, 9.17) is 4.74 Å². The van der Waals surface area contributed by atoms with Crippen LogP contribution in [0.15, 0.2) is 0 Å². The van der Waals surface area contributed by atoms with E-state index >= 15 is 0 Å². The largest absolute Gasteiger partial charge is 0.444 e. The maximum Gasteiger partial charge on any atom is 0.410 e. The monoisotopic (exact) mass is 350 g/mol. The summed E-state index contributed by atoms with van der Waals surface area (Å²) < 4.78 is 7.19. The van der Waals surface area contributed by atoms with E-state index in [0.29, 0.717) is 19.5 Å². The van der Waals surface area contributed by atoms with Gasteiger partial charge in [0, 0.05) is 37.4 Å². The maximum atomic E-state index is 12.3. The molecule has 1 saturated heterocycles. The summed E-state index contributed by atoms with van der Waals surface area (Å²) in [5.74, 6) is 0.00918. The van der Waals surface area contributed by atoms with Crippen LogP contribution in [0.3, 0.4) is 0 Å². The zero-order valence-electron chi connectivity index (χ0n) is 16.2. The molecule has 2 heterocycles. The van der Waals surface area contributed by atoms with Gasteiger partial charge in [-0.25, -0.2) is 4.79 Å². The lowest BCUT2D eigenvalue weighted by Gasteiger charge is -2.33. The lowest BCUT2D eigenvalue weighted by Crippen LogP contribution is -2.48. The summed E-state index contributed by atoms with van der Waals surface area (Å²) in [7, 11) is 1.89. The molecule has 0 aliphatic carbocycles. The summed E-state index contributed by atoms with van der Waals surface area (Å²) in [4.78, 5) is 26.1. The molecule has 0 saturated carbocycles. The number of nitrogens with zero attached hydrogens (tertiary/aromatic N) is 3. The third kappa shape index (κ3) is 5.21. The van der Waals surface area contributed by atoms with Gasteiger partial charge in [-0.1, -0.05) is 0 Å². The van der Waals surface area contributed by atoms with Crippen molar-refractivity contribution < 1.29 is 14.3 Å². The highest BCUT2D eigenvalue weighted by Crippen LogP contribution is 2.16. The van der Waals surface area contributed by atoms with Gasteiger partial charge in [-0.05, 0) is 47.5 Å². The fraction of sp³-hybridized carbons (Fsp3) is 0.722. The average molecular weight is 350 g/mol. The summed E-state index contributed by atoms with van der Waals surface area (Å²) in [5, 5.41) is 7.43. The SMILES string of the molecule is Cc1nn(C)c(C)c1CC(=O)NC1CCN(C(=O)OC(C)(C)C)CC1. The number of carbonyl (C=O) groups is 2. The molecule has 0 spiro atoms. The van der Waals surface area contributed by atoms with Crippen LogP contribution in [0.25, 0.3) is 0 Å². The number of aryl methyl sites for hydroxylation is 2. The lowest BCUT2D eigenvalue weighted by atomic mass is 10.0. The molecule has 0 unspecified atom stereocenters. The zero-order valence-corrected chi connectivity index (χ0v) is 16.2. The van der Waals surface area contributed by atoms with Gasteiger partial charge in [0.15, 0.2) is 0 Å². The molecule has 1 N–H and O–H groups in total. The van der Waals surface area contributed by atoms with E-state index in [0.717, 1.165) is 29.8 Å². The molecular weight excluding hydrogens is 320 g/mol. The second kappa shape index (κ2) is 7.45. The zero-order chi connectivity index (χ0) is 18.8. The Bertz CT molecular complexity index is 637. The Balaban J connectivity index is 1.81. The first-order chi connectivity index (χ1) is 11.6. The van der Waals surface area contributed by atoms with Gasteiger partial charge in [0.1, 0.15) is 5.60 Å². The fourth-order valence-electron chi connectivity index (χ4n) is 3.05. The summed E-state index contributed by atoms with van der Waals surface area (Å²) in [6.07, 6.45) is 1.56. The van der Waals surface area contributed by atoms with E-state index in [1.165, 1.54) is 0 Å². The molecule has 0 bridgehead atoms. The molecular formula is C18H30N4O3. The third-order valence-electron chi connectivity index (χ3n) is 4.51. The van der Waals surface area contributed by atoms with Crippen LogP contribution in [0.4, 0.5) is 4.79 Å². The van der Waals surface area contributed by atoms with Crippen LogP contribution in [0.1, 0.15) is 50.6 Å². The first kappa shape index (κ1) is 19.3. The fourth-order valence-corrected chi connectivity index (χ4v) is 3.05. The van der Waals surface area contributed by atoms with Gasteiger partial charge in [0.25, 0.3) is 0 Å². The van der Waals surface area contributed by atoms with Crippen molar-refractivity contribution in [1.82, 2.24) is 20.0 Å². The standard InChI is InChI=1S/C18H30N4O3/c1-12-15(13(2)21(6)20-12)11-16(23)19-14-7-9-22(10-8-14)17(24)25-18(3,4)5/h14H,7-11H2,1-6H3,(H,19,23). The van der Waals surface area contributed by atoms with Crippen molar-refractivity contribution in [2.75, 3.05) is 13.1 Å². The Hall–Kier alpha value is -2.05. The number of hydrogen-bond acceptors (Lipinski definition) is 4. The summed E-state index contributed by atoms with van der Waals surface area (Å²) in [5.41, 5.74) is 2.43. The van der Waals surface area contributed by atoms with E-state index in [2.05, 4.69) is 10.4 Å². The topological polar surface area (TPSA) is 76.5 Å². The van der Waals surface area contributed by atoms with Crippen LogP contribution >= 0.6 is 0 Å². The van der Waals surface area contributed by atoms with Crippen LogP contribution in [-0.2, 0) is 23.0 Å². The molecule has 0 aromatic carbocycles. The number of hydrogen-bond donors (Lipinski definition) is 1. The molecule has 1 aromatic heterocycles. The smallest absolute Gasteiger partial charge is 0.410 e. The van der Waals surface area contributed by atoms with Crippen molar-refractivity contribution in [1.29, 1.82) is 0 Å². The van der Waals surface area contributed by atoms with Gasteiger partial charge >= 0.3 is 6.09 Å². The number of rotatable bonds is 3. The predicted molar refractivity (Wildman–Crippen MR) is 95.4 cm³/mol. The van der Waals surface area contributed by atoms with Gasteiger partial charge < -0.3 is 15.0 Å². The number of piperidine rings is 1. The molecule has 0 atom stereocenters. The van der Waals surface area contributed by atoms with Crippen LogP contribution in [0, 0.1) is 13.8 Å². The number of ether oxygens (including phenoxy) is 1. The number of amides is 2. The minimum absolute atomic E-state index is 0.00918. The van der Waals surface area contributed by atoms with Gasteiger partial charge in [-0.2, -0.15) is 5.10 Å². The Morgan fingerprint density at radius 3 is 2.32 bits per heavy atom. The highest BCUT2D eigenvalue weighted by molar-refractivity contribution is 5.79. The highest BCUT2D eigenvalue weighted by Gasteiger charge is 2.27. The first-order valence-electron chi connectivity index (χ1n) is 8.83. The van der Waals surface area contributed by atoms with E-state index < -0.39 is 5.60 Å². The van der Waals surface area contributed by atoms with Crippen molar-refractivity contribution in [2.24, 2.45) is 7.05 Å². The predicted octanol–water partition coefficient (Wildman–Crippen LogP) is 2.10. The number of nitrogens with one attached hydrogen (secondary N) is 1. The van der Waals surface area contributed by atoms with Gasteiger partial charge in [0.2, 0.25) is 5.91 Å². The molecule has 140 valence electrons. The summed E-state index contributed by atoms with van der Waals surface area (Å²) in [6, 6.07) is 0.100. The van der Waals surface area contributed by atoms with Crippen LogP contribution in [-0.4, -0.2) is 51.4 Å². The number of likely N-dealkylation sites (tertiary alicyclic amines) is 1. The number of aromatic nitrogens is 2. The first-order valence-corrected chi connectivity index (χ1v) is 8.83. The van der Waals surface area contributed by atoms with Crippen molar-refractivity contribution in [2.45, 2.75) is 65.5 Å². The third-order valence-corrected chi connectivity index (χ3v) is 4.51. The van der Waals surface area contributed by atoms with E-state index in [9.17, 15) is 9.59 Å². The minimum atomic E-state index is -0.485. The molecule has 25 heavy (non-hydrogen) atoms. The molecule has 2 rings (SSSR count). The van der Waals surface area contributed by atoms with Gasteiger partial charge in [-0.15, -0.1) is 0 Å². The lowest BCUT2D eigenvalue weighted by molar-refractivity contribution is -0.121. The Morgan fingerprint density at radius 1 is 1.24 bits per heavy atom. The number of carbonyl (C=O) groups excluding carboxylic acids is 2. The van der Waals surface area contributed by atoms with Crippen molar-refractivity contribution in [3.63, 3.8) is 0 Å². The maximum absolute atomic E-state index is 12.3. The second-order valence-corrected chi connectivity index (χ2v) is 7.76. The van der Waals surface area contributed by atoms with Crippen molar-refractivity contribution >= 4 is 12.0 Å². The van der Waals surface area contributed by atoms with Crippen LogP contribution < -0.4 is 5.32 Å². The molecule has 1 aromatic rings. The van der Waals surface area contributed by atoms with Crippen molar-refractivity contribution in [3.8, 4) is 0 Å². The Labute approximate surface area is 149 Å². The van der Waals surface area contributed by atoms with E-state index in [1.807, 2.05) is 41.7 Å². The van der Waals surface area contributed by atoms with Crippen molar-refractivity contribution in [3.05, 3.63) is 17.0 Å². The second-order valence-electron chi connectivity index (χ2n) is 7.76. The van der Waals surface area contributed by atoms with E-state index in [1.54, 1.807) is 9.58 Å².